The van der Waals surface area contributed by atoms with Crippen LogP contribution in [0.5, 0.6) is 0 Å². The normalized spacial score (nSPS) is 22.7. The van der Waals surface area contributed by atoms with E-state index in [4.69, 9.17) is 27.9 Å². The molecule has 2 atom stereocenters. The third-order valence-electron chi connectivity index (χ3n) is 9.71. The predicted molar refractivity (Wildman–Crippen MR) is 174 cm³/mol. The van der Waals surface area contributed by atoms with Crippen LogP contribution in [0, 0.1) is 5.92 Å². The van der Waals surface area contributed by atoms with Crippen molar-refractivity contribution in [1.82, 2.24) is 25.3 Å². The third kappa shape index (κ3) is 7.74. The molecule has 3 saturated heterocycles. The quantitative estimate of drug-likeness (QED) is 0.435. The number of ether oxygens (including phenoxy) is 1. The van der Waals surface area contributed by atoms with Gasteiger partial charge in [-0.25, -0.2) is 4.79 Å². The van der Waals surface area contributed by atoms with E-state index in [1.54, 1.807) is 17.0 Å². The molecular weight excluding hydrogens is 615 g/mol. The summed E-state index contributed by atoms with van der Waals surface area (Å²) in [4.78, 5) is 46.4. The SMILES string of the molecule is O=C1Nc2ccccc2CNC1C1CCN(C(=O)O[C@H](Cc2ccc(Cl)c(Cl)c2)C(=O)N2CCC(N3CCNCC3)CC2)CC1. The molecular formula is C33H42Cl2N6O4. The van der Waals surface area contributed by atoms with Crippen molar-refractivity contribution in [2.45, 2.75) is 56.8 Å². The van der Waals surface area contributed by atoms with E-state index >= 15 is 0 Å². The maximum Gasteiger partial charge on any atom is 0.410 e. The molecule has 45 heavy (non-hydrogen) atoms. The zero-order valence-electron chi connectivity index (χ0n) is 25.5. The van der Waals surface area contributed by atoms with Crippen molar-refractivity contribution in [3.8, 4) is 0 Å². The second-order valence-corrected chi connectivity index (χ2v) is 13.3. The van der Waals surface area contributed by atoms with E-state index in [1.807, 2.05) is 35.2 Å². The van der Waals surface area contributed by atoms with Crippen LogP contribution in [0.1, 0.15) is 36.8 Å². The van der Waals surface area contributed by atoms with E-state index in [9.17, 15) is 14.4 Å². The molecule has 0 spiro atoms. The minimum absolute atomic E-state index is 0.0472. The van der Waals surface area contributed by atoms with Gasteiger partial charge < -0.3 is 30.5 Å². The van der Waals surface area contributed by atoms with Gasteiger partial charge in [0, 0.05) is 77.1 Å². The Hall–Kier alpha value is -2.89. The summed E-state index contributed by atoms with van der Waals surface area (Å²) >= 11 is 12.4. The van der Waals surface area contributed by atoms with Crippen molar-refractivity contribution in [3.05, 3.63) is 63.6 Å². The summed E-state index contributed by atoms with van der Waals surface area (Å²) in [6.45, 7) is 6.82. The third-order valence-corrected chi connectivity index (χ3v) is 10.4. The molecule has 2 aromatic carbocycles. The number of amides is 3. The summed E-state index contributed by atoms with van der Waals surface area (Å²) in [6.07, 6.45) is 1.84. The Morgan fingerprint density at radius 1 is 0.889 bits per heavy atom. The van der Waals surface area contributed by atoms with Crippen LogP contribution in [-0.2, 0) is 27.3 Å². The predicted octanol–water partition coefficient (Wildman–Crippen LogP) is 3.76. The number of nitrogens with one attached hydrogen (secondary N) is 3. The van der Waals surface area contributed by atoms with Gasteiger partial charge >= 0.3 is 6.09 Å². The van der Waals surface area contributed by atoms with Crippen molar-refractivity contribution in [1.29, 1.82) is 0 Å². The molecule has 3 amide bonds. The highest BCUT2D eigenvalue weighted by molar-refractivity contribution is 6.42. The second-order valence-electron chi connectivity index (χ2n) is 12.5. The number of nitrogens with zero attached hydrogens (tertiary/aromatic N) is 3. The number of fused-ring (bicyclic) bond motifs is 1. The number of anilines is 1. The van der Waals surface area contributed by atoms with E-state index < -0.39 is 12.2 Å². The van der Waals surface area contributed by atoms with Gasteiger partial charge in [0.15, 0.2) is 6.10 Å². The molecule has 0 bridgehead atoms. The summed E-state index contributed by atoms with van der Waals surface area (Å²) in [5.41, 5.74) is 2.67. The largest absolute Gasteiger partial charge is 0.436 e. The first-order valence-corrected chi connectivity index (χ1v) is 16.9. The fourth-order valence-corrected chi connectivity index (χ4v) is 7.39. The number of piperidine rings is 2. The van der Waals surface area contributed by atoms with Gasteiger partial charge in [0.25, 0.3) is 5.91 Å². The van der Waals surface area contributed by atoms with Crippen LogP contribution in [0.4, 0.5) is 10.5 Å². The summed E-state index contributed by atoms with van der Waals surface area (Å²) in [6, 6.07) is 13.2. The fraction of sp³-hybridized carbons (Fsp3) is 0.545. The maximum absolute atomic E-state index is 13.9. The Bertz CT molecular complexity index is 1370. The van der Waals surface area contributed by atoms with Gasteiger partial charge in [0.1, 0.15) is 0 Å². The number of hydrogen-bond acceptors (Lipinski definition) is 7. The summed E-state index contributed by atoms with van der Waals surface area (Å²) < 4.78 is 5.99. The van der Waals surface area contributed by atoms with Gasteiger partial charge in [-0.1, -0.05) is 47.5 Å². The van der Waals surface area contributed by atoms with E-state index in [-0.39, 0.29) is 30.2 Å². The Morgan fingerprint density at radius 2 is 1.60 bits per heavy atom. The topological polar surface area (TPSA) is 106 Å². The molecule has 1 unspecified atom stereocenters. The lowest BCUT2D eigenvalue weighted by atomic mass is 9.89. The van der Waals surface area contributed by atoms with Gasteiger partial charge in [-0.15, -0.1) is 0 Å². The first-order valence-electron chi connectivity index (χ1n) is 16.1. The molecule has 0 radical (unpaired) electrons. The number of rotatable bonds is 6. The molecule has 242 valence electrons. The molecule has 4 heterocycles. The summed E-state index contributed by atoms with van der Waals surface area (Å²) in [7, 11) is 0. The average Bonchev–Trinajstić information content (AvgIpc) is 3.24. The van der Waals surface area contributed by atoms with Crippen LogP contribution in [0.15, 0.2) is 42.5 Å². The number of halogens is 2. The summed E-state index contributed by atoms with van der Waals surface area (Å²) in [5.74, 6) is -0.148. The van der Waals surface area contributed by atoms with Crippen LogP contribution in [0.2, 0.25) is 10.0 Å². The number of carbonyl (C=O) groups is 3. The average molecular weight is 658 g/mol. The molecule has 12 heteroatoms. The number of hydrogen-bond donors (Lipinski definition) is 3. The summed E-state index contributed by atoms with van der Waals surface area (Å²) in [5, 5.41) is 10.7. The van der Waals surface area contributed by atoms with Crippen LogP contribution in [0.25, 0.3) is 0 Å². The molecule has 4 aliphatic heterocycles. The molecule has 0 saturated carbocycles. The Balaban J connectivity index is 1.07. The maximum atomic E-state index is 13.9. The van der Waals surface area contributed by atoms with Gasteiger partial charge in [0.2, 0.25) is 5.91 Å². The number of likely N-dealkylation sites (tertiary alicyclic amines) is 2. The molecule has 4 aliphatic rings. The van der Waals surface area contributed by atoms with E-state index in [0.29, 0.717) is 61.7 Å². The van der Waals surface area contributed by atoms with Gasteiger partial charge in [-0.3, -0.25) is 14.5 Å². The lowest BCUT2D eigenvalue weighted by Gasteiger charge is -2.41. The molecule has 3 N–H and O–H groups in total. The molecule has 2 aromatic rings. The highest BCUT2D eigenvalue weighted by Gasteiger charge is 2.37. The number of para-hydroxylation sites is 1. The highest BCUT2D eigenvalue weighted by atomic mass is 35.5. The highest BCUT2D eigenvalue weighted by Crippen LogP contribution is 2.28. The van der Waals surface area contributed by atoms with E-state index in [2.05, 4.69) is 20.9 Å². The Morgan fingerprint density at radius 3 is 2.33 bits per heavy atom. The van der Waals surface area contributed by atoms with Crippen LogP contribution in [0.3, 0.4) is 0 Å². The van der Waals surface area contributed by atoms with Crippen LogP contribution < -0.4 is 16.0 Å². The zero-order valence-corrected chi connectivity index (χ0v) is 27.0. The first kappa shape index (κ1) is 32.1. The number of benzene rings is 2. The molecule has 0 aromatic heterocycles. The molecule has 0 aliphatic carbocycles. The van der Waals surface area contributed by atoms with Crippen molar-refractivity contribution >= 4 is 46.8 Å². The fourth-order valence-electron chi connectivity index (χ4n) is 7.07. The molecule has 10 nitrogen and oxygen atoms in total. The zero-order chi connectivity index (χ0) is 31.3. The van der Waals surface area contributed by atoms with Gasteiger partial charge in [0.05, 0.1) is 16.1 Å². The monoisotopic (exact) mass is 656 g/mol. The van der Waals surface area contributed by atoms with Gasteiger partial charge in [-0.05, 0) is 60.9 Å². The minimum Gasteiger partial charge on any atom is -0.436 e. The van der Waals surface area contributed by atoms with E-state index in [1.165, 1.54) is 0 Å². The standard InChI is InChI=1S/C33H42Cl2N6O4/c34-26-6-5-22(19-27(26)35)20-29(32(43)40-15-9-25(10-16-40)39-17-11-36-12-18-39)45-33(44)41-13-7-23(8-14-41)30-31(42)38-28-4-2-1-3-24(28)21-37-30/h1-6,19,23,25,29-30,36-37H,7-18,20-21H2,(H,38,42)/t29-,30?/m1/s1. The van der Waals surface area contributed by atoms with Gasteiger partial charge in [-0.2, -0.15) is 0 Å². The Kier molecular flexibility index (Phi) is 10.5. The lowest BCUT2D eigenvalue weighted by molar-refractivity contribution is -0.142. The van der Waals surface area contributed by atoms with Crippen LogP contribution in [-0.4, -0.2) is 103 Å². The van der Waals surface area contributed by atoms with Crippen molar-refractivity contribution < 1.29 is 19.1 Å². The van der Waals surface area contributed by atoms with E-state index in [0.717, 1.165) is 55.8 Å². The number of piperazine rings is 1. The van der Waals surface area contributed by atoms with Crippen LogP contribution >= 0.6 is 23.2 Å². The Labute approximate surface area is 274 Å². The smallest absolute Gasteiger partial charge is 0.410 e. The molecule has 6 rings (SSSR count). The molecule has 3 fully saturated rings. The van der Waals surface area contributed by atoms with Crippen molar-refractivity contribution in [3.63, 3.8) is 0 Å². The first-order chi connectivity index (χ1) is 21.9. The number of carbonyl (C=O) groups excluding carboxylic acids is 3. The second kappa shape index (κ2) is 14.7. The lowest BCUT2D eigenvalue weighted by Crippen LogP contribution is -2.54. The van der Waals surface area contributed by atoms with Crippen molar-refractivity contribution in [2.75, 3.05) is 57.7 Å². The van der Waals surface area contributed by atoms with Crippen molar-refractivity contribution in [2.24, 2.45) is 5.92 Å². The minimum atomic E-state index is -0.976.